The van der Waals surface area contributed by atoms with Crippen LogP contribution in [0.15, 0.2) is 0 Å². The van der Waals surface area contributed by atoms with E-state index in [9.17, 15) is 23.9 Å². The van der Waals surface area contributed by atoms with Crippen LogP contribution in [0.1, 0.15) is 97.3 Å². The van der Waals surface area contributed by atoms with Gasteiger partial charge in [0.1, 0.15) is 11.9 Å². The van der Waals surface area contributed by atoms with Crippen LogP contribution in [0.2, 0.25) is 0 Å². The van der Waals surface area contributed by atoms with Crippen LogP contribution in [-0.2, 0) is 23.4 Å². The van der Waals surface area contributed by atoms with Crippen molar-refractivity contribution in [1.29, 1.82) is 0 Å². The first-order chi connectivity index (χ1) is 12.7. The molecule has 0 radical (unpaired) electrons. The minimum Gasteiger partial charge on any atom is -0.790 e. The van der Waals surface area contributed by atoms with E-state index in [1.165, 1.54) is 51.9 Å². The number of ether oxygens (including phenoxy) is 1. The fourth-order valence-corrected chi connectivity index (χ4v) is 3.07. The maximum atomic E-state index is 11.9. The Morgan fingerprint density at radius 2 is 1.34 bits per heavy atom. The van der Waals surface area contributed by atoms with Crippen molar-refractivity contribution in [3.05, 3.63) is 0 Å². The molecule has 0 heterocycles. The van der Waals surface area contributed by atoms with Gasteiger partial charge in [-0.25, -0.2) is 0 Å². The van der Waals surface area contributed by atoms with Gasteiger partial charge in [-0.1, -0.05) is 64.7 Å². The van der Waals surface area contributed by atoms with E-state index in [-0.39, 0.29) is 84.2 Å². The molecule has 0 aromatic carbocycles. The molecule has 160 valence electrons. The smallest absolute Gasteiger partial charge is 0.790 e. The monoisotopic (exact) mass is 452 g/mol. The van der Waals surface area contributed by atoms with Crippen molar-refractivity contribution in [2.75, 3.05) is 6.61 Å². The van der Waals surface area contributed by atoms with Crippen molar-refractivity contribution in [2.45, 2.75) is 103 Å². The molecule has 0 saturated carbocycles. The van der Waals surface area contributed by atoms with Gasteiger partial charge in [0.2, 0.25) is 0 Å². The van der Waals surface area contributed by atoms with Gasteiger partial charge in [0.25, 0.3) is 0 Å². The second kappa shape index (κ2) is 22.4. The Bertz CT molecular complexity index is 458. The van der Waals surface area contributed by atoms with E-state index in [0.717, 1.165) is 12.8 Å². The van der Waals surface area contributed by atoms with Crippen molar-refractivity contribution < 1.29 is 92.3 Å². The fourth-order valence-electron chi connectivity index (χ4n) is 2.72. The van der Waals surface area contributed by atoms with Crippen LogP contribution in [0.5, 0.6) is 0 Å². The maximum Gasteiger partial charge on any atom is 1.00 e. The van der Waals surface area contributed by atoms with Gasteiger partial charge in [0, 0.05) is 12.8 Å². The van der Waals surface area contributed by atoms with E-state index < -0.39 is 26.5 Å². The summed E-state index contributed by atoms with van der Waals surface area (Å²) in [5.41, 5.74) is 0. The van der Waals surface area contributed by atoms with E-state index >= 15 is 0 Å². The summed E-state index contributed by atoms with van der Waals surface area (Å²) in [5, 5.41) is 0. The third-order valence-corrected chi connectivity index (χ3v) is 4.73. The molecule has 0 N–H and O–H groups in total. The summed E-state index contributed by atoms with van der Waals surface area (Å²) in [6, 6.07) is 0. The quantitative estimate of drug-likeness (QED) is 0.0972. The molecule has 0 saturated heterocycles. The summed E-state index contributed by atoms with van der Waals surface area (Å²) in [6.07, 6.45) is 11.1. The first-order valence-electron chi connectivity index (χ1n) is 10.1. The van der Waals surface area contributed by atoms with Gasteiger partial charge in [-0.05, 0) is 19.8 Å². The zero-order valence-corrected chi connectivity index (χ0v) is 23.7. The minimum atomic E-state index is -5.13. The first kappa shape index (κ1) is 34.9. The Labute approximate surface area is 220 Å². The van der Waals surface area contributed by atoms with Crippen molar-refractivity contribution in [3.8, 4) is 0 Å². The van der Waals surface area contributed by atoms with E-state index in [2.05, 4.69) is 11.4 Å². The molecule has 0 aliphatic carbocycles. The van der Waals surface area contributed by atoms with E-state index in [1.807, 2.05) is 0 Å². The van der Waals surface area contributed by atoms with Crippen LogP contribution in [0.3, 0.4) is 0 Å². The van der Waals surface area contributed by atoms with Crippen molar-refractivity contribution in [1.82, 2.24) is 0 Å². The number of carbonyl (C=O) groups excluding carboxylic acids is 2. The van der Waals surface area contributed by atoms with Gasteiger partial charge in [-0.15, -0.1) is 0 Å². The van der Waals surface area contributed by atoms with E-state index in [1.54, 1.807) is 0 Å². The Balaban J connectivity index is -0.00000338. The number of phosphoric ester groups is 1. The Morgan fingerprint density at radius 1 is 0.862 bits per heavy atom. The number of phosphoric acid groups is 1. The first-order valence-corrected chi connectivity index (χ1v) is 11.6. The molecule has 0 aliphatic heterocycles. The number of hydrogen-bond acceptors (Lipinski definition) is 7. The minimum absolute atomic E-state index is 0. The van der Waals surface area contributed by atoms with Gasteiger partial charge in [0.15, 0.2) is 0 Å². The molecule has 0 unspecified atom stereocenters. The van der Waals surface area contributed by atoms with Gasteiger partial charge in [0.05, 0.1) is 14.4 Å². The van der Waals surface area contributed by atoms with Crippen LogP contribution >= 0.6 is 7.82 Å². The standard InChI is InChI=1S/C19H37O7P.2Na/c1-3-4-5-6-7-8-9-10-11-12-13-19(21)26-18(15-14-17(2)20)16-25-27(22,23)24;;/h18H,3-16H2,1-2H3,(H2,22,23,24);;/q;2*+1/p-2/t18-;;/m0../s1. The number of ketones is 1. The van der Waals surface area contributed by atoms with Crippen LogP contribution in [-0.4, -0.2) is 24.5 Å². The van der Waals surface area contributed by atoms with Crippen LogP contribution in [0, 0.1) is 0 Å². The zero-order valence-electron chi connectivity index (χ0n) is 18.8. The van der Waals surface area contributed by atoms with Crippen molar-refractivity contribution >= 4 is 19.6 Å². The van der Waals surface area contributed by atoms with Gasteiger partial charge in [-0.3, -0.25) is 4.79 Å². The van der Waals surface area contributed by atoms with Crippen LogP contribution < -0.4 is 68.9 Å². The summed E-state index contributed by atoms with van der Waals surface area (Å²) in [6.45, 7) is 3.05. The number of Topliss-reactive ketones (excluding diaryl/α,β-unsaturated/α-hetero) is 1. The van der Waals surface area contributed by atoms with Gasteiger partial charge in [-0.2, -0.15) is 0 Å². The van der Waals surface area contributed by atoms with E-state index in [4.69, 9.17) is 4.74 Å². The average molecular weight is 452 g/mol. The average Bonchev–Trinajstić information content (AvgIpc) is 2.58. The zero-order chi connectivity index (χ0) is 20.5. The third kappa shape index (κ3) is 27.2. The maximum absolute atomic E-state index is 11.9. The largest absolute Gasteiger partial charge is 1.00 e. The number of esters is 1. The molecule has 0 amide bonds. The molecule has 0 spiro atoms. The topological polar surface area (TPSA) is 116 Å². The van der Waals surface area contributed by atoms with Crippen LogP contribution in [0.4, 0.5) is 0 Å². The Kier molecular flexibility index (Phi) is 27.0. The van der Waals surface area contributed by atoms with Gasteiger partial charge >= 0.3 is 65.1 Å². The molecule has 0 fully saturated rings. The van der Waals surface area contributed by atoms with Crippen LogP contribution in [0.25, 0.3) is 0 Å². The molecule has 0 aliphatic rings. The summed E-state index contributed by atoms with van der Waals surface area (Å²) in [7, 11) is -5.13. The molecule has 0 rings (SSSR count). The normalized spacial score (nSPS) is 11.9. The molecular weight excluding hydrogens is 417 g/mol. The second-order valence-corrected chi connectivity index (χ2v) is 8.18. The molecule has 1 atom stereocenters. The third-order valence-electron chi connectivity index (χ3n) is 4.27. The molecule has 0 aromatic heterocycles. The van der Waals surface area contributed by atoms with Gasteiger partial charge < -0.3 is 28.4 Å². The number of carbonyl (C=O) groups is 2. The molecular formula is C19H35Na2O7P. The SMILES string of the molecule is CCCCCCCCCCCCC(=O)O[C@@H](CCC(C)=O)COP(=O)([O-])[O-].[Na+].[Na+]. The van der Waals surface area contributed by atoms with Crippen molar-refractivity contribution in [2.24, 2.45) is 0 Å². The summed E-state index contributed by atoms with van der Waals surface area (Å²) < 4.78 is 19.9. The number of hydrogen-bond donors (Lipinski definition) is 0. The Hall–Kier alpha value is 1.25. The molecule has 0 aromatic rings. The summed E-state index contributed by atoms with van der Waals surface area (Å²) >= 11 is 0. The molecule has 10 heteroatoms. The summed E-state index contributed by atoms with van der Waals surface area (Å²) in [4.78, 5) is 44.1. The predicted molar refractivity (Wildman–Crippen MR) is 99.8 cm³/mol. The number of unbranched alkanes of at least 4 members (excludes halogenated alkanes) is 9. The Morgan fingerprint density at radius 3 is 1.79 bits per heavy atom. The molecule has 29 heavy (non-hydrogen) atoms. The van der Waals surface area contributed by atoms with E-state index in [0.29, 0.717) is 6.42 Å². The van der Waals surface area contributed by atoms with Crippen molar-refractivity contribution in [3.63, 3.8) is 0 Å². The number of rotatable bonds is 18. The fraction of sp³-hybridized carbons (Fsp3) is 0.895. The molecule has 0 bridgehead atoms. The second-order valence-electron chi connectivity index (χ2n) is 7.03. The molecule has 7 nitrogen and oxygen atoms in total. The predicted octanol–water partition coefficient (Wildman–Crippen LogP) is -2.57. The summed E-state index contributed by atoms with van der Waals surface area (Å²) in [5.74, 6) is -0.573.